The smallest absolute Gasteiger partial charge is 0.253 e. The van der Waals surface area contributed by atoms with E-state index in [2.05, 4.69) is 26.6 Å². The van der Waals surface area contributed by atoms with Crippen LogP contribution in [0.1, 0.15) is 70.9 Å². The number of imide groups is 1. The molecule has 0 radical (unpaired) electrons. The number of fused-ring (bicyclic) bond motifs is 3. The molecule has 2 aromatic rings. The molecule has 5 N–H and O–H groups in total. The fourth-order valence-electron chi connectivity index (χ4n) is 7.50. The second-order valence-electron chi connectivity index (χ2n) is 15.4. The topological polar surface area (TPSA) is 203 Å². The van der Waals surface area contributed by atoms with Crippen molar-refractivity contribution in [3.8, 4) is 0 Å². The van der Waals surface area contributed by atoms with E-state index in [9.17, 15) is 38.4 Å². The monoisotopic (exact) mass is 771 g/mol. The Labute approximate surface area is 327 Å². The minimum absolute atomic E-state index is 0.0319. The second kappa shape index (κ2) is 18.8. The van der Waals surface area contributed by atoms with Gasteiger partial charge >= 0.3 is 0 Å². The van der Waals surface area contributed by atoms with Crippen LogP contribution in [-0.2, 0) is 51.2 Å². The van der Waals surface area contributed by atoms with Crippen molar-refractivity contribution < 1.29 is 38.4 Å². The fourth-order valence-corrected chi connectivity index (χ4v) is 7.50. The van der Waals surface area contributed by atoms with Gasteiger partial charge in [-0.05, 0) is 42.2 Å². The van der Waals surface area contributed by atoms with E-state index in [1.807, 2.05) is 20.8 Å². The molecule has 0 saturated carbocycles. The molecule has 3 heterocycles. The highest BCUT2D eigenvalue weighted by Crippen LogP contribution is 2.23. The molecule has 2 bridgehead atoms. The molecule has 8 amide bonds. The highest BCUT2D eigenvalue weighted by molar-refractivity contribution is 6.10. The van der Waals surface area contributed by atoms with E-state index < -0.39 is 102 Å². The van der Waals surface area contributed by atoms with E-state index >= 15 is 0 Å². The van der Waals surface area contributed by atoms with Gasteiger partial charge in [0.15, 0.2) is 0 Å². The second-order valence-corrected chi connectivity index (χ2v) is 15.4. The average Bonchev–Trinajstić information content (AvgIpc) is 3.77. The summed E-state index contributed by atoms with van der Waals surface area (Å²) in [5.41, 5.74) is 1.35. The Morgan fingerprint density at radius 1 is 0.696 bits per heavy atom. The van der Waals surface area contributed by atoms with Crippen molar-refractivity contribution in [2.45, 2.75) is 109 Å². The van der Waals surface area contributed by atoms with Crippen LogP contribution in [0.3, 0.4) is 0 Å². The summed E-state index contributed by atoms with van der Waals surface area (Å²) >= 11 is 0. The van der Waals surface area contributed by atoms with Gasteiger partial charge in [0, 0.05) is 19.4 Å². The first-order chi connectivity index (χ1) is 26.8. The van der Waals surface area contributed by atoms with Crippen LogP contribution >= 0.6 is 0 Å². The Kier molecular flexibility index (Phi) is 14.0. The van der Waals surface area contributed by atoms with Crippen LogP contribution < -0.4 is 26.6 Å². The predicted octanol–water partition coefficient (Wildman–Crippen LogP) is 0.752. The zero-order valence-corrected chi connectivity index (χ0v) is 32.4. The normalized spacial score (nSPS) is 26.4. The molecule has 15 heteroatoms. The first kappa shape index (κ1) is 41.6. The molecule has 5 rings (SSSR count). The van der Waals surface area contributed by atoms with Gasteiger partial charge in [-0.3, -0.25) is 43.3 Å². The van der Waals surface area contributed by atoms with E-state index in [4.69, 9.17) is 0 Å². The Balaban J connectivity index is 1.53. The zero-order chi connectivity index (χ0) is 40.5. The van der Waals surface area contributed by atoms with Crippen LogP contribution in [0.15, 0.2) is 60.7 Å². The van der Waals surface area contributed by atoms with Gasteiger partial charge in [-0.25, -0.2) is 0 Å². The third-order valence-electron chi connectivity index (χ3n) is 10.7. The summed E-state index contributed by atoms with van der Waals surface area (Å²) in [6.07, 6.45) is 1.11. The molecule has 0 aromatic heterocycles. The summed E-state index contributed by atoms with van der Waals surface area (Å²) in [5, 5.41) is 13.5. The van der Waals surface area contributed by atoms with Gasteiger partial charge in [0.05, 0.1) is 13.0 Å². The minimum atomic E-state index is -1.39. The molecule has 7 atom stereocenters. The molecular formula is C41H53N7O8. The van der Waals surface area contributed by atoms with E-state index in [1.165, 1.54) is 4.90 Å². The number of carbonyl (C=O) groups excluding carboxylic acids is 8. The number of nitrogens with one attached hydrogen (secondary N) is 5. The van der Waals surface area contributed by atoms with E-state index in [0.717, 1.165) is 4.90 Å². The lowest BCUT2D eigenvalue weighted by molar-refractivity contribution is -0.148. The standard InChI is InChI=1S/C41H53N7O8/c1-5-25(4)35-39(54)45-29(19-24(2)3)40(55)47-18-12-17-31(47)37(52)42-23-33(49)43-28(20-26-13-8-6-9-14-26)36(51)44-30-22-34(50)48(41(30)56)32(38(53)46-35)21-27-15-10-7-11-16-27/h6-11,13-16,24-25,28-32,35H,5,12,17-23H2,1-4H3,(H,42,52)(H,43,49)(H,44,51)(H,45,54)(H,46,53)/t25-,28-,29-,30-,31-,32-,35?/m0/s1. The number of rotatable bonds is 8. The van der Waals surface area contributed by atoms with Crippen molar-refractivity contribution in [2.24, 2.45) is 11.8 Å². The lowest BCUT2D eigenvalue weighted by Gasteiger charge is -2.32. The van der Waals surface area contributed by atoms with Crippen molar-refractivity contribution in [3.05, 3.63) is 71.8 Å². The van der Waals surface area contributed by atoms with E-state index in [1.54, 1.807) is 67.6 Å². The lowest BCUT2D eigenvalue weighted by Crippen LogP contribution is -2.60. The Bertz CT molecular complexity index is 1790. The molecule has 1 unspecified atom stereocenters. The Morgan fingerprint density at radius 3 is 1.96 bits per heavy atom. The summed E-state index contributed by atoms with van der Waals surface area (Å²) in [4.78, 5) is 113. The first-order valence-corrected chi connectivity index (χ1v) is 19.5. The van der Waals surface area contributed by atoms with E-state index in [-0.39, 0.29) is 31.7 Å². The summed E-state index contributed by atoms with van der Waals surface area (Å²) < 4.78 is 0. The molecule has 300 valence electrons. The van der Waals surface area contributed by atoms with Crippen molar-refractivity contribution >= 4 is 47.3 Å². The highest BCUT2D eigenvalue weighted by atomic mass is 16.2. The molecule has 0 aliphatic carbocycles. The predicted molar refractivity (Wildman–Crippen MR) is 205 cm³/mol. The van der Waals surface area contributed by atoms with Gasteiger partial charge < -0.3 is 31.5 Å². The van der Waals surface area contributed by atoms with Gasteiger partial charge in [0.25, 0.3) is 5.91 Å². The maximum Gasteiger partial charge on any atom is 0.253 e. The molecule has 3 aliphatic rings. The number of hydrogen-bond donors (Lipinski definition) is 5. The van der Waals surface area contributed by atoms with Crippen molar-refractivity contribution in [2.75, 3.05) is 13.1 Å². The Morgan fingerprint density at radius 2 is 1.34 bits per heavy atom. The fraction of sp³-hybridized carbons (Fsp3) is 0.512. The van der Waals surface area contributed by atoms with Crippen LogP contribution in [0.2, 0.25) is 0 Å². The van der Waals surface area contributed by atoms with Gasteiger partial charge in [0.2, 0.25) is 41.4 Å². The summed E-state index contributed by atoms with van der Waals surface area (Å²) in [5.74, 6) is -5.80. The molecule has 2 aromatic carbocycles. The third kappa shape index (κ3) is 10.2. The molecule has 56 heavy (non-hydrogen) atoms. The van der Waals surface area contributed by atoms with Crippen molar-refractivity contribution in [3.63, 3.8) is 0 Å². The van der Waals surface area contributed by atoms with Crippen molar-refractivity contribution in [1.82, 2.24) is 36.4 Å². The molecule has 15 nitrogen and oxygen atoms in total. The molecule has 3 saturated heterocycles. The molecular weight excluding hydrogens is 718 g/mol. The number of carbonyl (C=O) groups is 8. The zero-order valence-electron chi connectivity index (χ0n) is 32.4. The van der Waals surface area contributed by atoms with E-state index in [0.29, 0.717) is 30.4 Å². The molecule has 3 aliphatic heterocycles. The Hall–Kier alpha value is -5.60. The van der Waals surface area contributed by atoms with Crippen LogP contribution in [-0.4, -0.2) is 106 Å². The lowest BCUT2D eigenvalue weighted by atomic mass is 9.95. The van der Waals surface area contributed by atoms with Gasteiger partial charge in [-0.15, -0.1) is 0 Å². The maximum absolute atomic E-state index is 14.4. The largest absolute Gasteiger partial charge is 0.345 e. The number of amides is 8. The van der Waals surface area contributed by atoms with Crippen LogP contribution in [0, 0.1) is 11.8 Å². The van der Waals surface area contributed by atoms with Crippen LogP contribution in [0.25, 0.3) is 0 Å². The first-order valence-electron chi connectivity index (χ1n) is 19.5. The molecule has 0 spiro atoms. The number of nitrogens with zero attached hydrogens (tertiary/aromatic N) is 2. The SMILES string of the molecule is CC[C@H](C)C1NC(=O)[C@H](Cc2ccccc2)N2C(=O)C[C@H](NC(=O)[C@H](Cc3ccccc3)NC(=O)CNC(=O)[C@@H]3CCCN3C(=O)[C@H](CC(C)C)NC1=O)C2=O. The summed E-state index contributed by atoms with van der Waals surface area (Å²) in [7, 11) is 0. The van der Waals surface area contributed by atoms with Crippen LogP contribution in [0.5, 0.6) is 0 Å². The number of hydrogen-bond acceptors (Lipinski definition) is 8. The summed E-state index contributed by atoms with van der Waals surface area (Å²) in [6, 6.07) is 10.7. The molecule has 3 fully saturated rings. The minimum Gasteiger partial charge on any atom is -0.345 e. The van der Waals surface area contributed by atoms with Crippen LogP contribution in [0.4, 0.5) is 0 Å². The summed E-state index contributed by atoms with van der Waals surface area (Å²) in [6.45, 7) is 7.19. The highest BCUT2D eigenvalue weighted by Gasteiger charge is 2.47. The quantitative estimate of drug-likeness (QED) is 0.242. The van der Waals surface area contributed by atoms with Gasteiger partial charge in [-0.2, -0.15) is 0 Å². The number of benzene rings is 2. The van der Waals surface area contributed by atoms with Gasteiger partial charge in [-0.1, -0.05) is 94.8 Å². The van der Waals surface area contributed by atoms with Gasteiger partial charge in [0.1, 0.15) is 36.3 Å². The average molecular weight is 772 g/mol. The third-order valence-corrected chi connectivity index (χ3v) is 10.7. The van der Waals surface area contributed by atoms with Crippen molar-refractivity contribution in [1.29, 1.82) is 0 Å². The maximum atomic E-state index is 14.4.